The van der Waals surface area contributed by atoms with E-state index >= 15 is 0 Å². The number of aromatic nitrogens is 3. The molecule has 0 bridgehead atoms. The van der Waals surface area contributed by atoms with Gasteiger partial charge in [0, 0.05) is 37.3 Å². The molecule has 0 spiro atoms. The first-order chi connectivity index (χ1) is 8.77. The van der Waals surface area contributed by atoms with Crippen molar-refractivity contribution in [3.8, 4) is 0 Å². The fourth-order valence-electron chi connectivity index (χ4n) is 1.78. The molecule has 6 heteroatoms. The third kappa shape index (κ3) is 3.21. The summed E-state index contributed by atoms with van der Waals surface area (Å²) >= 11 is 0. The molecule has 0 unspecified atom stereocenters. The molecule has 0 amide bonds. The normalized spacial score (nSPS) is 10.7. The third-order valence-electron chi connectivity index (χ3n) is 2.69. The molecule has 0 fully saturated rings. The first-order valence-electron chi connectivity index (χ1n) is 5.86. The summed E-state index contributed by atoms with van der Waals surface area (Å²) in [5.41, 5.74) is 1.04. The fourth-order valence-corrected chi connectivity index (χ4v) is 1.78. The van der Waals surface area contributed by atoms with Crippen LogP contribution in [-0.4, -0.2) is 32.6 Å². The number of hydrogen-bond donors (Lipinski definition) is 4. The van der Waals surface area contributed by atoms with Gasteiger partial charge in [0.25, 0.3) is 0 Å². The Morgan fingerprint density at radius 1 is 1.39 bits per heavy atom. The Hall–Kier alpha value is -2.08. The van der Waals surface area contributed by atoms with Crippen molar-refractivity contribution < 1.29 is 9.90 Å². The van der Waals surface area contributed by atoms with Gasteiger partial charge in [0.1, 0.15) is 5.82 Å². The summed E-state index contributed by atoms with van der Waals surface area (Å²) in [7, 11) is 0. The van der Waals surface area contributed by atoms with Crippen LogP contribution in [0.15, 0.2) is 24.7 Å². The predicted molar refractivity (Wildman–Crippen MR) is 66.4 cm³/mol. The fraction of sp³-hybridized carbons (Fsp3) is 0.333. The van der Waals surface area contributed by atoms with Gasteiger partial charge in [-0.3, -0.25) is 0 Å². The van der Waals surface area contributed by atoms with Gasteiger partial charge in [-0.1, -0.05) is 0 Å². The van der Waals surface area contributed by atoms with Crippen LogP contribution in [0.25, 0.3) is 0 Å². The van der Waals surface area contributed by atoms with Gasteiger partial charge >= 0.3 is 5.97 Å². The number of carboxylic acid groups (broad SMARTS) is 1. The van der Waals surface area contributed by atoms with Crippen molar-refractivity contribution in [3.05, 3.63) is 41.7 Å². The Bertz CT molecular complexity index is 490. The molecular weight excluding hydrogens is 232 g/mol. The SMILES string of the molecule is O=C(O)c1cc[nH]c1CNCCCc1ncc[nH]1. The van der Waals surface area contributed by atoms with Crippen molar-refractivity contribution in [2.24, 2.45) is 0 Å². The number of imidazole rings is 1. The Morgan fingerprint density at radius 3 is 3.00 bits per heavy atom. The molecule has 4 N–H and O–H groups in total. The van der Waals surface area contributed by atoms with Crippen LogP contribution < -0.4 is 5.32 Å². The summed E-state index contributed by atoms with van der Waals surface area (Å²) < 4.78 is 0. The van der Waals surface area contributed by atoms with Crippen LogP contribution in [-0.2, 0) is 13.0 Å². The Morgan fingerprint density at radius 2 is 2.28 bits per heavy atom. The zero-order valence-corrected chi connectivity index (χ0v) is 9.94. The summed E-state index contributed by atoms with van der Waals surface area (Å²) in [6.07, 6.45) is 7.03. The highest BCUT2D eigenvalue weighted by atomic mass is 16.4. The molecule has 96 valence electrons. The minimum Gasteiger partial charge on any atom is -0.478 e. The van der Waals surface area contributed by atoms with Gasteiger partial charge in [-0.05, 0) is 19.0 Å². The number of aromatic carboxylic acids is 1. The number of nitrogens with zero attached hydrogens (tertiary/aromatic N) is 1. The maximum absolute atomic E-state index is 10.9. The number of carboxylic acids is 1. The molecule has 0 aliphatic carbocycles. The molecule has 0 aliphatic heterocycles. The first kappa shape index (κ1) is 12.4. The standard InChI is InChI=1S/C12H16N4O2/c17-12(18)9-3-5-14-10(9)8-13-4-1-2-11-15-6-7-16-11/h3,5-7,13-14H,1-2,4,8H2,(H,15,16)(H,17,18). The molecule has 2 aromatic heterocycles. The van der Waals surface area contributed by atoms with E-state index in [4.69, 9.17) is 5.11 Å². The molecule has 0 saturated carbocycles. The number of aryl methyl sites for hydroxylation is 1. The number of rotatable bonds is 7. The molecule has 0 aliphatic rings. The zero-order valence-electron chi connectivity index (χ0n) is 9.94. The second-order valence-corrected chi connectivity index (χ2v) is 3.99. The van der Waals surface area contributed by atoms with Crippen LogP contribution in [0.5, 0.6) is 0 Å². The van der Waals surface area contributed by atoms with Gasteiger partial charge in [-0.25, -0.2) is 9.78 Å². The molecular formula is C12H16N4O2. The second kappa shape index (κ2) is 6.02. The predicted octanol–water partition coefficient (Wildman–Crippen LogP) is 1.16. The summed E-state index contributed by atoms with van der Waals surface area (Å²) in [5, 5.41) is 12.1. The minimum absolute atomic E-state index is 0.327. The first-order valence-corrected chi connectivity index (χ1v) is 5.86. The van der Waals surface area contributed by atoms with Crippen molar-refractivity contribution in [2.75, 3.05) is 6.54 Å². The van der Waals surface area contributed by atoms with E-state index in [0.717, 1.165) is 25.2 Å². The van der Waals surface area contributed by atoms with Crippen molar-refractivity contribution >= 4 is 5.97 Å². The van der Waals surface area contributed by atoms with Crippen molar-refractivity contribution in [1.82, 2.24) is 20.3 Å². The molecule has 0 atom stereocenters. The van der Waals surface area contributed by atoms with E-state index in [-0.39, 0.29) is 0 Å². The highest BCUT2D eigenvalue weighted by molar-refractivity contribution is 5.88. The molecule has 2 rings (SSSR count). The third-order valence-corrected chi connectivity index (χ3v) is 2.69. The average molecular weight is 248 g/mol. The van der Waals surface area contributed by atoms with Crippen molar-refractivity contribution in [3.63, 3.8) is 0 Å². The Balaban J connectivity index is 1.69. The van der Waals surface area contributed by atoms with Crippen LogP contribution in [0.1, 0.15) is 28.3 Å². The monoisotopic (exact) mass is 248 g/mol. The molecule has 2 aromatic rings. The lowest BCUT2D eigenvalue weighted by Crippen LogP contribution is -2.17. The highest BCUT2D eigenvalue weighted by Crippen LogP contribution is 2.06. The summed E-state index contributed by atoms with van der Waals surface area (Å²) in [4.78, 5) is 21.0. The lowest BCUT2D eigenvalue weighted by molar-refractivity contribution is 0.0695. The smallest absolute Gasteiger partial charge is 0.337 e. The van der Waals surface area contributed by atoms with Gasteiger partial charge in [-0.2, -0.15) is 0 Å². The highest BCUT2D eigenvalue weighted by Gasteiger charge is 2.09. The maximum Gasteiger partial charge on any atom is 0.337 e. The molecule has 0 saturated heterocycles. The van der Waals surface area contributed by atoms with E-state index < -0.39 is 5.97 Å². The van der Waals surface area contributed by atoms with Gasteiger partial charge in [-0.15, -0.1) is 0 Å². The van der Waals surface area contributed by atoms with E-state index in [2.05, 4.69) is 20.3 Å². The maximum atomic E-state index is 10.9. The van der Waals surface area contributed by atoms with Crippen LogP contribution >= 0.6 is 0 Å². The molecule has 18 heavy (non-hydrogen) atoms. The van der Waals surface area contributed by atoms with Gasteiger partial charge in [0.2, 0.25) is 0 Å². The number of aromatic amines is 2. The number of hydrogen-bond acceptors (Lipinski definition) is 3. The molecule has 2 heterocycles. The molecule has 0 radical (unpaired) electrons. The van der Waals surface area contributed by atoms with E-state index in [1.165, 1.54) is 0 Å². The quantitative estimate of drug-likeness (QED) is 0.553. The van der Waals surface area contributed by atoms with Crippen molar-refractivity contribution in [1.29, 1.82) is 0 Å². The molecule has 0 aromatic carbocycles. The minimum atomic E-state index is -0.899. The van der Waals surface area contributed by atoms with Gasteiger partial charge < -0.3 is 20.4 Å². The lowest BCUT2D eigenvalue weighted by Gasteiger charge is -2.03. The summed E-state index contributed by atoms with van der Waals surface area (Å²) in [6.45, 7) is 1.35. The summed E-state index contributed by atoms with van der Waals surface area (Å²) in [6, 6.07) is 1.57. The number of carbonyl (C=O) groups is 1. The van der Waals surface area contributed by atoms with E-state index in [0.29, 0.717) is 17.8 Å². The molecule has 6 nitrogen and oxygen atoms in total. The Labute approximate surface area is 104 Å². The van der Waals surface area contributed by atoms with E-state index in [1.54, 1.807) is 24.7 Å². The topological polar surface area (TPSA) is 93.8 Å². The Kier molecular flexibility index (Phi) is 4.14. The van der Waals surface area contributed by atoms with Crippen LogP contribution in [0.3, 0.4) is 0 Å². The second-order valence-electron chi connectivity index (χ2n) is 3.99. The van der Waals surface area contributed by atoms with E-state index in [9.17, 15) is 4.79 Å². The van der Waals surface area contributed by atoms with Crippen LogP contribution in [0.2, 0.25) is 0 Å². The number of nitrogens with one attached hydrogen (secondary N) is 3. The average Bonchev–Trinajstić information content (AvgIpc) is 2.98. The zero-order chi connectivity index (χ0) is 12.8. The largest absolute Gasteiger partial charge is 0.478 e. The van der Waals surface area contributed by atoms with Gasteiger partial charge in [0.05, 0.1) is 5.56 Å². The van der Waals surface area contributed by atoms with Crippen LogP contribution in [0, 0.1) is 0 Å². The van der Waals surface area contributed by atoms with Crippen molar-refractivity contribution in [2.45, 2.75) is 19.4 Å². The van der Waals surface area contributed by atoms with Crippen LogP contribution in [0.4, 0.5) is 0 Å². The van der Waals surface area contributed by atoms with Gasteiger partial charge in [0.15, 0.2) is 0 Å². The lowest BCUT2D eigenvalue weighted by atomic mass is 10.2. The number of H-pyrrole nitrogens is 2. The van der Waals surface area contributed by atoms with E-state index in [1.807, 2.05) is 0 Å². The summed E-state index contributed by atoms with van der Waals surface area (Å²) in [5.74, 6) is 0.0755.